The van der Waals surface area contributed by atoms with Crippen molar-refractivity contribution in [2.45, 2.75) is 13.0 Å². The number of ether oxygens (including phenoxy) is 3. The van der Waals surface area contributed by atoms with Crippen LogP contribution in [0.4, 0.5) is 0 Å². The monoisotopic (exact) mass is 237 g/mol. The quantitative estimate of drug-likeness (QED) is 0.869. The molecule has 0 aromatic heterocycles. The van der Waals surface area contributed by atoms with E-state index in [0.29, 0.717) is 29.2 Å². The standard InChI is InChI=1S/C13H19NO3/c1-8-7-14-12(8)9-5-10(15-2)13(17-4)11(6-9)16-3/h5-6,8,12,14H,7H2,1-4H3. The Balaban J connectivity index is 2.41. The molecule has 4 heteroatoms. The molecule has 1 N–H and O–H groups in total. The lowest BCUT2D eigenvalue weighted by atomic mass is 9.87. The summed E-state index contributed by atoms with van der Waals surface area (Å²) < 4.78 is 16.0. The molecule has 2 atom stereocenters. The van der Waals surface area contributed by atoms with Gasteiger partial charge in [0.25, 0.3) is 0 Å². The Bertz CT molecular complexity index is 381. The summed E-state index contributed by atoms with van der Waals surface area (Å²) in [5, 5.41) is 3.40. The lowest BCUT2D eigenvalue weighted by Gasteiger charge is -2.36. The normalized spacial score (nSPS) is 22.8. The molecule has 0 aliphatic carbocycles. The molecule has 1 aromatic rings. The average Bonchev–Trinajstić information content (AvgIpc) is 2.35. The minimum atomic E-state index is 0.378. The maximum Gasteiger partial charge on any atom is 0.203 e. The van der Waals surface area contributed by atoms with E-state index >= 15 is 0 Å². The highest BCUT2D eigenvalue weighted by Crippen LogP contribution is 2.42. The van der Waals surface area contributed by atoms with Crippen molar-refractivity contribution in [3.63, 3.8) is 0 Å². The average molecular weight is 237 g/mol. The Morgan fingerprint density at radius 1 is 1.06 bits per heavy atom. The van der Waals surface area contributed by atoms with Crippen molar-refractivity contribution in [1.29, 1.82) is 0 Å². The maximum absolute atomic E-state index is 5.34. The van der Waals surface area contributed by atoms with Crippen LogP contribution >= 0.6 is 0 Å². The van der Waals surface area contributed by atoms with Crippen LogP contribution in [0.3, 0.4) is 0 Å². The van der Waals surface area contributed by atoms with Crippen LogP contribution in [0.2, 0.25) is 0 Å². The SMILES string of the molecule is COc1cc(C2NCC2C)cc(OC)c1OC. The van der Waals surface area contributed by atoms with E-state index in [0.717, 1.165) is 6.54 Å². The number of hydrogen-bond donors (Lipinski definition) is 1. The molecule has 1 aromatic carbocycles. The minimum absolute atomic E-state index is 0.378. The highest BCUT2D eigenvalue weighted by Gasteiger charge is 2.29. The molecule has 0 radical (unpaired) electrons. The van der Waals surface area contributed by atoms with Gasteiger partial charge in [-0.05, 0) is 23.6 Å². The zero-order valence-electron chi connectivity index (χ0n) is 10.7. The molecule has 94 valence electrons. The third kappa shape index (κ3) is 2.05. The van der Waals surface area contributed by atoms with E-state index in [-0.39, 0.29) is 0 Å². The van der Waals surface area contributed by atoms with Gasteiger partial charge in [0.05, 0.1) is 21.3 Å². The van der Waals surface area contributed by atoms with E-state index in [1.807, 2.05) is 12.1 Å². The summed E-state index contributed by atoms with van der Waals surface area (Å²) in [6, 6.07) is 4.40. The molecule has 17 heavy (non-hydrogen) atoms. The van der Waals surface area contributed by atoms with Crippen LogP contribution in [0.5, 0.6) is 17.2 Å². The molecule has 4 nitrogen and oxygen atoms in total. The van der Waals surface area contributed by atoms with E-state index in [1.54, 1.807) is 21.3 Å². The molecule has 2 rings (SSSR count). The first-order valence-electron chi connectivity index (χ1n) is 5.74. The van der Waals surface area contributed by atoms with Crippen molar-refractivity contribution in [2.24, 2.45) is 5.92 Å². The first-order chi connectivity index (χ1) is 8.21. The van der Waals surface area contributed by atoms with Crippen molar-refractivity contribution < 1.29 is 14.2 Å². The van der Waals surface area contributed by atoms with Crippen LogP contribution in [0.15, 0.2) is 12.1 Å². The molecule has 1 aliphatic rings. The van der Waals surface area contributed by atoms with Crippen molar-refractivity contribution in [1.82, 2.24) is 5.32 Å². The Labute approximate surface area is 102 Å². The van der Waals surface area contributed by atoms with Gasteiger partial charge >= 0.3 is 0 Å². The van der Waals surface area contributed by atoms with Gasteiger partial charge in [-0.3, -0.25) is 0 Å². The first kappa shape index (κ1) is 12.0. The third-order valence-electron chi connectivity index (χ3n) is 3.27. The van der Waals surface area contributed by atoms with E-state index in [4.69, 9.17) is 14.2 Å². The smallest absolute Gasteiger partial charge is 0.203 e. The Morgan fingerprint density at radius 3 is 1.94 bits per heavy atom. The van der Waals surface area contributed by atoms with Gasteiger partial charge < -0.3 is 19.5 Å². The Morgan fingerprint density at radius 2 is 1.65 bits per heavy atom. The van der Waals surface area contributed by atoms with Gasteiger partial charge in [-0.25, -0.2) is 0 Å². The van der Waals surface area contributed by atoms with E-state index in [9.17, 15) is 0 Å². The molecule has 1 fully saturated rings. The van der Waals surface area contributed by atoms with Crippen molar-refractivity contribution in [3.8, 4) is 17.2 Å². The lowest BCUT2D eigenvalue weighted by molar-refractivity contribution is 0.255. The number of hydrogen-bond acceptors (Lipinski definition) is 4. The van der Waals surface area contributed by atoms with E-state index < -0.39 is 0 Å². The Hall–Kier alpha value is -1.42. The van der Waals surface area contributed by atoms with Crippen LogP contribution in [-0.2, 0) is 0 Å². The molecule has 0 bridgehead atoms. The first-order valence-corrected chi connectivity index (χ1v) is 5.74. The van der Waals surface area contributed by atoms with Crippen LogP contribution in [0, 0.1) is 5.92 Å². The third-order valence-corrected chi connectivity index (χ3v) is 3.27. The Kier molecular flexibility index (Phi) is 3.43. The van der Waals surface area contributed by atoms with Crippen molar-refractivity contribution in [3.05, 3.63) is 17.7 Å². The predicted octanol–water partition coefficient (Wildman–Crippen LogP) is 1.99. The number of nitrogens with one attached hydrogen (secondary N) is 1. The minimum Gasteiger partial charge on any atom is -0.493 e. The highest BCUT2D eigenvalue weighted by atomic mass is 16.5. The maximum atomic E-state index is 5.34. The summed E-state index contributed by atoms with van der Waals surface area (Å²) in [5.41, 5.74) is 1.18. The van der Waals surface area contributed by atoms with Gasteiger partial charge in [0.2, 0.25) is 5.75 Å². The fourth-order valence-corrected chi connectivity index (χ4v) is 2.20. The van der Waals surface area contributed by atoms with Gasteiger partial charge in [-0.15, -0.1) is 0 Å². The summed E-state index contributed by atoms with van der Waals surface area (Å²) >= 11 is 0. The molecule has 0 spiro atoms. The number of rotatable bonds is 4. The summed E-state index contributed by atoms with van der Waals surface area (Å²) in [5.74, 6) is 2.70. The van der Waals surface area contributed by atoms with Gasteiger partial charge in [-0.2, -0.15) is 0 Å². The van der Waals surface area contributed by atoms with E-state index in [2.05, 4.69) is 12.2 Å². The van der Waals surface area contributed by atoms with Crippen LogP contribution in [0.25, 0.3) is 0 Å². The molecular formula is C13H19NO3. The molecule has 1 aliphatic heterocycles. The molecule has 2 unspecified atom stereocenters. The van der Waals surface area contributed by atoms with Gasteiger partial charge in [0.1, 0.15) is 0 Å². The fraction of sp³-hybridized carbons (Fsp3) is 0.538. The summed E-state index contributed by atoms with van der Waals surface area (Å²) in [4.78, 5) is 0. The highest BCUT2D eigenvalue weighted by molar-refractivity contribution is 5.54. The fourth-order valence-electron chi connectivity index (χ4n) is 2.20. The molecule has 0 saturated carbocycles. The molecule has 1 saturated heterocycles. The largest absolute Gasteiger partial charge is 0.493 e. The van der Waals surface area contributed by atoms with Gasteiger partial charge in [0.15, 0.2) is 11.5 Å². The lowest BCUT2D eigenvalue weighted by Crippen LogP contribution is -2.43. The predicted molar refractivity (Wildman–Crippen MR) is 66.0 cm³/mol. The molecule has 0 amide bonds. The number of methoxy groups -OCH3 is 3. The zero-order chi connectivity index (χ0) is 12.4. The second-order valence-electron chi connectivity index (χ2n) is 4.32. The van der Waals surface area contributed by atoms with Crippen LogP contribution in [0.1, 0.15) is 18.5 Å². The second kappa shape index (κ2) is 4.84. The molecular weight excluding hydrogens is 218 g/mol. The second-order valence-corrected chi connectivity index (χ2v) is 4.32. The van der Waals surface area contributed by atoms with Crippen molar-refractivity contribution in [2.75, 3.05) is 27.9 Å². The topological polar surface area (TPSA) is 39.7 Å². The zero-order valence-corrected chi connectivity index (χ0v) is 10.7. The van der Waals surface area contributed by atoms with Crippen LogP contribution in [-0.4, -0.2) is 27.9 Å². The van der Waals surface area contributed by atoms with Crippen molar-refractivity contribution >= 4 is 0 Å². The van der Waals surface area contributed by atoms with Crippen LogP contribution < -0.4 is 19.5 Å². The van der Waals surface area contributed by atoms with Gasteiger partial charge in [0, 0.05) is 12.6 Å². The number of benzene rings is 1. The molecule has 1 heterocycles. The summed E-state index contributed by atoms with van der Waals surface area (Å²) in [7, 11) is 4.89. The van der Waals surface area contributed by atoms with E-state index in [1.165, 1.54) is 5.56 Å². The van der Waals surface area contributed by atoms with Gasteiger partial charge in [-0.1, -0.05) is 6.92 Å². The summed E-state index contributed by atoms with van der Waals surface area (Å²) in [6.45, 7) is 3.28. The summed E-state index contributed by atoms with van der Waals surface area (Å²) in [6.07, 6.45) is 0.